The molecule has 2 aliphatic carbocycles. The van der Waals surface area contributed by atoms with Crippen LogP contribution in [0.25, 0.3) is 0 Å². The van der Waals surface area contributed by atoms with Crippen molar-refractivity contribution in [2.75, 3.05) is 18.1 Å². The van der Waals surface area contributed by atoms with E-state index >= 15 is 0 Å². The van der Waals surface area contributed by atoms with Crippen molar-refractivity contribution >= 4 is 21.7 Å². The van der Waals surface area contributed by atoms with Gasteiger partial charge in [0.05, 0.1) is 46.5 Å². The van der Waals surface area contributed by atoms with Crippen LogP contribution in [-0.2, 0) is 46.1 Å². The Morgan fingerprint density at radius 1 is 1.26 bits per heavy atom. The molecule has 2 aliphatic heterocycles. The Labute approximate surface area is 223 Å². The third-order valence-electron chi connectivity index (χ3n) is 8.15. The first-order chi connectivity index (χ1) is 18.4. The molecule has 210 valence electrons. The van der Waals surface area contributed by atoms with Crippen molar-refractivity contribution in [3.8, 4) is 5.75 Å². The smallest absolute Gasteiger partial charge is 0.422 e. The van der Waals surface area contributed by atoms with Crippen LogP contribution in [0.5, 0.6) is 5.75 Å². The zero-order valence-corrected chi connectivity index (χ0v) is 22.0. The molecule has 3 heterocycles. The SMILES string of the molecule is O=C1N[C@@]2(CCc3cc(OCC(F)(F)F)ccc32)Cc2nn(CCC3CC3)c(CNC(=O)C3CS(=O)(=O)C3)c21. The quantitative estimate of drug-likeness (QED) is 0.507. The van der Waals surface area contributed by atoms with Gasteiger partial charge in [0.2, 0.25) is 5.91 Å². The number of fused-ring (bicyclic) bond motifs is 3. The topological polar surface area (TPSA) is 119 Å². The molecule has 1 atom stereocenters. The van der Waals surface area contributed by atoms with Crippen LogP contribution in [0.1, 0.15) is 58.6 Å². The van der Waals surface area contributed by atoms with Crippen molar-refractivity contribution in [1.82, 2.24) is 20.4 Å². The molecule has 1 spiro atoms. The van der Waals surface area contributed by atoms with Crippen LogP contribution in [0.2, 0.25) is 0 Å². The molecule has 13 heteroatoms. The molecule has 2 fully saturated rings. The molecular formula is C26H29F3N4O5S. The molecule has 1 saturated carbocycles. The summed E-state index contributed by atoms with van der Waals surface area (Å²) in [5.41, 5.74) is 2.59. The predicted molar refractivity (Wildman–Crippen MR) is 133 cm³/mol. The zero-order chi connectivity index (χ0) is 27.6. The van der Waals surface area contributed by atoms with Crippen LogP contribution in [-0.4, -0.2) is 54.3 Å². The first-order valence-corrected chi connectivity index (χ1v) is 15.0. The Hall–Kier alpha value is -3.09. The second kappa shape index (κ2) is 9.24. The number of hydrogen-bond acceptors (Lipinski definition) is 6. The van der Waals surface area contributed by atoms with E-state index in [9.17, 15) is 31.2 Å². The van der Waals surface area contributed by atoms with Crippen molar-refractivity contribution in [3.05, 3.63) is 46.3 Å². The summed E-state index contributed by atoms with van der Waals surface area (Å²) in [6.07, 6.45) is 0.382. The van der Waals surface area contributed by atoms with Gasteiger partial charge in [0.25, 0.3) is 5.91 Å². The molecule has 1 aromatic carbocycles. The lowest BCUT2D eigenvalue weighted by Gasteiger charge is -2.35. The first-order valence-electron chi connectivity index (χ1n) is 13.1. The number of halogens is 3. The third kappa shape index (κ3) is 5.24. The maximum Gasteiger partial charge on any atom is 0.422 e. The highest BCUT2D eigenvalue weighted by Crippen LogP contribution is 2.44. The van der Waals surface area contributed by atoms with Crippen molar-refractivity contribution in [1.29, 1.82) is 0 Å². The summed E-state index contributed by atoms with van der Waals surface area (Å²) >= 11 is 0. The van der Waals surface area contributed by atoms with E-state index in [4.69, 9.17) is 9.84 Å². The Bertz CT molecular complexity index is 1440. The molecule has 0 bridgehead atoms. The van der Waals surface area contributed by atoms with Crippen molar-refractivity contribution in [3.63, 3.8) is 0 Å². The summed E-state index contributed by atoms with van der Waals surface area (Å²) in [6.45, 7) is -0.693. The summed E-state index contributed by atoms with van der Waals surface area (Å²) in [4.78, 5) is 26.1. The van der Waals surface area contributed by atoms with Gasteiger partial charge in [0.15, 0.2) is 16.4 Å². The molecule has 4 aliphatic rings. The molecule has 2 amide bonds. The number of nitrogens with zero attached hydrogens (tertiary/aromatic N) is 2. The molecule has 1 saturated heterocycles. The van der Waals surface area contributed by atoms with E-state index in [2.05, 4.69) is 10.6 Å². The highest BCUT2D eigenvalue weighted by molar-refractivity contribution is 7.92. The fourth-order valence-corrected chi connectivity index (χ4v) is 7.38. The van der Waals surface area contributed by atoms with Crippen LogP contribution in [0.3, 0.4) is 0 Å². The highest BCUT2D eigenvalue weighted by Gasteiger charge is 2.47. The number of alkyl halides is 3. The number of hydrogen-bond donors (Lipinski definition) is 2. The average molecular weight is 567 g/mol. The second-order valence-corrected chi connectivity index (χ2v) is 13.3. The third-order valence-corrected chi connectivity index (χ3v) is 9.97. The van der Waals surface area contributed by atoms with E-state index in [1.54, 1.807) is 16.8 Å². The first kappa shape index (κ1) is 26.1. The molecule has 2 N–H and O–H groups in total. The fraction of sp³-hybridized carbons (Fsp3) is 0.577. The number of sulfone groups is 1. The van der Waals surface area contributed by atoms with Crippen molar-refractivity contribution in [2.24, 2.45) is 11.8 Å². The van der Waals surface area contributed by atoms with Gasteiger partial charge in [-0.15, -0.1) is 0 Å². The summed E-state index contributed by atoms with van der Waals surface area (Å²) in [6, 6.07) is 4.82. The van der Waals surface area contributed by atoms with Crippen LogP contribution in [0.4, 0.5) is 13.2 Å². The average Bonchev–Trinajstić information content (AvgIpc) is 3.53. The van der Waals surface area contributed by atoms with Crippen LogP contribution in [0, 0.1) is 11.8 Å². The van der Waals surface area contributed by atoms with Gasteiger partial charge in [-0.05, 0) is 48.4 Å². The number of aryl methyl sites for hydroxylation is 2. The van der Waals surface area contributed by atoms with Crippen LogP contribution in [0.15, 0.2) is 18.2 Å². The standard InChI is InChI=1S/C26H29F3N4O5S/c27-26(28,29)14-38-18-3-4-19-16(9-18)5-7-25(19)10-20-22(24(35)31-25)21(33(32-20)8-6-15-1-2-15)11-30-23(34)17-12-39(36,37)13-17/h3-4,9,15,17H,1-2,5-8,10-14H2,(H,30,34)(H,31,35)/t25-/m0/s1. The number of ether oxygens (including phenoxy) is 1. The van der Waals surface area contributed by atoms with Gasteiger partial charge in [-0.25, -0.2) is 8.42 Å². The summed E-state index contributed by atoms with van der Waals surface area (Å²) in [5, 5.41) is 10.8. The van der Waals surface area contributed by atoms with E-state index < -0.39 is 34.1 Å². The lowest BCUT2D eigenvalue weighted by atomic mass is 9.82. The van der Waals surface area contributed by atoms with Crippen LogP contribution < -0.4 is 15.4 Å². The molecule has 39 heavy (non-hydrogen) atoms. The van der Waals surface area contributed by atoms with Gasteiger partial charge < -0.3 is 15.4 Å². The molecule has 2 aromatic rings. The van der Waals surface area contributed by atoms with Gasteiger partial charge in [-0.3, -0.25) is 14.3 Å². The minimum Gasteiger partial charge on any atom is -0.484 e. The van der Waals surface area contributed by atoms with Gasteiger partial charge in [0, 0.05) is 13.0 Å². The van der Waals surface area contributed by atoms with E-state index in [0.29, 0.717) is 48.7 Å². The number of amides is 2. The summed E-state index contributed by atoms with van der Waals surface area (Å²) in [5.74, 6) is -0.807. The fourth-order valence-electron chi connectivity index (χ4n) is 5.95. The minimum absolute atomic E-state index is 0.0687. The molecule has 0 radical (unpaired) electrons. The van der Waals surface area contributed by atoms with Gasteiger partial charge >= 0.3 is 6.18 Å². The number of nitrogens with one attached hydrogen (secondary N) is 2. The van der Waals surface area contributed by atoms with Gasteiger partial charge in [0.1, 0.15) is 5.75 Å². The monoisotopic (exact) mass is 566 g/mol. The lowest BCUT2D eigenvalue weighted by Crippen LogP contribution is -2.50. The van der Waals surface area contributed by atoms with Gasteiger partial charge in [-0.1, -0.05) is 18.9 Å². The minimum atomic E-state index is -4.43. The largest absolute Gasteiger partial charge is 0.484 e. The van der Waals surface area contributed by atoms with Crippen LogP contribution >= 0.6 is 0 Å². The molecule has 1 aromatic heterocycles. The Morgan fingerprint density at radius 2 is 2.03 bits per heavy atom. The Balaban J connectivity index is 1.24. The number of carbonyl (C=O) groups excluding carboxylic acids is 2. The van der Waals surface area contributed by atoms with E-state index in [1.165, 1.54) is 6.07 Å². The predicted octanol–water partition coefficient (Wildman–Crippen LogP) is 2.41. The van der Waals surface area contributed by atoms with Crippen molar-refractivity contribution < 1.29 is 35.9 Å². The highest BCUT2D eigenvalue weighted by atomic mass is 32.2. The number of rotatable bonds is 8. The normalized spacial score (nSPS) is 23.6. The molecular weight excluding hydrogens is 537 g/mol. The van der Waals surface area contributed by atoms with E-state index in [0.717, 1.165) is 30.4 Å². The molecule has 0 unspecified atom stereocenters. The van der Waals surface area contributed by atoms with Crippen molar-refractivity contribution in [2.45, 2.75) is 63.3 Å². The van der Waals surface area contributed by atoms with E-state index in [1.807, 2.05) is 0 Å². The van der Waals surface area contributed by atoms with E-state index in [-0.39, 0.29) is 35.6 Å². The zero-order valence-electron chi connectivity index (χ0n) is 21.1. The Kier molecular flexibility index (Phi) is 6.20. The second-order valence-electron chi connectivity index (χ2n) is 11.2. The number of carbonyl (C=O) groups is 2. The Morgan fingerprint density at radius 3 is 2.72 bits per heavy atom. The maximum atomic E-state index is 13.5. The lowest BCUT2D eigenvalue weighted by molar-refractivity contribution is -0.153. The number of benzene rings is 1. The summed E-state index contributed by atoms with van der Waals surface area (Å²) < 4.78 is 67.4. The maximum absolute atomic E-state index is 13.5. The summed E-state index contributed by atoms with van der Waals surface area (Å²) in [7, 11) is -3.14. The molecule has 9 nitrogen and oxygen atoms in total. The molecule has 6 rings (SSSR count). The number of aromatic nitrogens is 2. The van der Waals surface area contributed by atoms with Gasteiger partial charge in [-0.2, -0.15) is 18.3 Å².